The quantitative estimate of drug-likeness (QED) is 0.133. The molecule has 0 spiro atoms. The van der Waals surface area contributed by atoms with Crippen molar-refractivity contribution < 1.29 is 0 Å². The third-order valence-corrected chi connectivity index (χ3v) is 12.2. The van der Waals surface area contributed by atoms with Gasteiger partial charge in [-0.3, -0.25) is 0 Å². The van der Waals surface area contributed by atoms with Gasteiger partial charge in [-0.15, -0.1) is 0 Å². The Hall–Kier alpha value is -8.06. The smallest absolute Gasteiger partial charge is 0.0992 e. The third-order valence-electron chi connectivity index (χ3n) is 12.2. The number of para-hydroxylation sites is 2. The SMILES string of the molecule is N#Cc1ccc2c3cc(-c4c5ccccc5c(-c5cccc6c5ccc5c(-c7ccccc7)nc7ccccc7c56)c5ccccc45)ccc3n(-c3ccccc3)c2c1. The van der Waals surface area contributed by atoms with Crippen LogP contribution in [0, 0.1) is 11.3 Å². The molecule has 3 heteroatoms. The van der Waals surface area contributed by atoms with Crippen LogP contribution in [0.2, 0.25) is 0 Å². The van der Waals surface area contributed by atoms with Crippen molar-refractivity contribution in [3.05, 3.63) is 206 Å². The standard InChI is InChI=1S/C56H33N3/c57-34-35-26-28-40-49-33-37(27-31-51(49)59(52(40)32-35)38-16-5-2-6-17-38)53-43-18-7-9-20-45(43)54(46-21-10-8-19-44(46)53)41-23-13-24-42-39(41)29-30-48-55(42)47-22-11-12-25-50(47)58-56(48)36-14-3-1-4-15-36/h1-33H. The van der Waals surface area contributed by atoms with Crippen molar-refractivity contribution in [3.63, 3.8) is 0 Å². The summed E-state index contributed by atoms with van der Waals surface area (Å²) in [7, 11) is 0. The lowest BCUT2D eigenvalue weighted by atomic mass is 9.84. The Bertz CT molecular complexity index is 3670. The van der Waals surface area contributed by atoms with Crippen molar-refractivity contribution in [1.82, 2.24) is 9.55 Å². The minimum absolute atomic E-state index is 0.646. The highest BCUT2D eigenvalue weighted by molar-refractivity contribution is 6.28. The molecule has 0 unspecified atom stereocenters. The fourth-order valence-corrected chi connectivity index (χ4v) is 9.67. The number of hydrogen-bond donors (Lipinski definition) is 0. The van der Waals surface area contributed by atoms with Gasteiger partial charge in [0.05, 0.1) is 33.9 Å². The van der Waals surface area contributed by atoms with Crippen molar-refractivity contribution in [3.8, 4) is 45.3 Å². The number of aromatic nitrogens is 2. The third kappa shape index (κ3) is 4.97. The lowest BCUT2D eigenvalue weighted by molar-refractivity contribution is 1.18. The molecule has 0 bridgehead atoms. The van der Waals surface area contributed by atoms with E-state index in [4.69, 9.17) is 4.98 Å². The first-order chi connectivity index (χ1) is 29.2. The number of fused-ring (bicyclic) bond motifs is 10. The molecule has 2 heterocycles. The van der Waals surface area contributed by atoms with Gasteiger partial charge < -0.3 is 4.57 Å². The van der Waals surface area contributed by atoms with Crippen molar-refractivity contribution in [1.29, 1.82) is 5.26 Å². The summed E-state index contributed by atoms with van der Waals surface area (Å²) in [5.74, 6) is 0. The molecule has 0 atom stereocenters. The van der Waals surface area contributed by atoms with Crippen LogP contribution in [-0.2, 0) is 0 Å². The average Bonchev–Trinajstić information content (AvgIpc) is 3.63. The fourth-order valence-electron chi connectivity index (χ4n) is 9.67. The zero-order valence-electron chi connectivity index (χ0n) is 31.9. The van der Waals surface area contributed by atoms with E-state index in [1.807, 2.05) is 18.2 Å². The van der Waals surface area contributed by atoms with Crippen LogP contribution >= 0.6 is 0 Å². The molecule has 0 aliphatic carbocycles. The maximum atomic E-state index is 9.87. The van der Waals surface area contributed by atoms with Gasteiger partial charge in [-0.05, 0) is 97.0 Å². The fraction of sp³-hybridized carbons (Fsp3) is 0. The molecule has 0 N–H and O–H groups in total. The number of pyridine rings is 1. The van der Waals surface area contributed by atoms with Crippen LogP contribution in [0.4, 0.5) is 0 Å². The monoisotopic (exact) mass is 747 g/mol. The molecule has 0 saturated carbocycles. The molecule has 12 rings (SSSR count). The minimum Gasteiger partial charge on any atom is -0.309 e. The lowest BCUT2D eigenvalue weighted by Gasteiger charge is -2.20. The molecule has 0 fully saturated rings. The molecule has 0 aliphatic heterocycles. The van der Waals surface area contributed by atoms with Crippen molar-refractivity contribution in [2.24, 2.45) is 0 Å². The Labute approximate surface area is 340 Å². The summed E-state index contributed by atoms with van der Waals surface area (Å²) in [6.45, 7) is 0. The van der Waals surface area contributed by atoms with E-state index in [9.17, 15) is 5.26 Å². The maximum absolute atomic E-state index is 9.87. The predicted molar refractivity (Wildman–Crippen MR) is 247 cm³/mol. The van der Waals surface area contributed by atoms with Crippen LogP contribution in [0.3, 0.4) is 0 Å². The molecule has 0 saturated heterocycles. The van der Waals surface area contributed by atoms with E-state index in [-0.39, 0.29) is 0 Å². The molecule has 59 heavy (non-hydrogen) atoms. The first kappa shape index (κ1) is 33.1. The first-order valence-electron chi connectivity index (χ1n) is 20.0. The van der Waals surface area contributed by atoms with Gasteiger partial charge in [-0.25, -0.2) is 4.98 Å². The highest BCUT2D eigenvalue weighted by Crippen LogP contribution is 2.48. The van der Waals surface area contributed by atoms with E-state index in [0.29, 0.717) is 5.56 Å². The highest BCUT2D eigenvalue weighted by atomic mass is 15.0. The molecule has 3 nitrogen and oxygen atoms in total. The summed E-state index contributed by atoms with van der Waals surface area (Å²) in [5, 5.41) is 22.9. The van der Waals surface area contributed by atoms with Gasteiger partial charge in [0, 0.05) is 38.2 Å². The molecular formula is C56H33N3. The Morgan fingerprint density at radius 1 is 0.390 bits per heavy atom. The molecule has 0 radical (unpaired) electrons. The highest BCUT2D eigenvalue weighted by Gasteiger charge is 2.21. The van der Waals surface area contributed by atoms with Gasteiger partial charge >= 0.3 is 0 Å². The van der Waals surface area contributed by atoms with Crippen molar-refractivity contribution in [2.75, 3.05) is 0 Å². The molecule has 2 aromatic heterocycles. The van der Waals surface area contributed by atoms with Crippen LogP contribution in [0.1, 0.15) is 5.56 Å². The summed E-state index contributed by atoms with van der Waals surface area (Å²) in [4.78, 5) is 5.23. The summed E-state index contributed by atoms with van der Waals surface area (Å²) in [5.41, 5.74) is 11.8. The Balaban J connectivity index is 1.14. The molecule has 272 valence electrons. The van der Waals surface area contributed by atoms with Crippen LogP contribution in [-0.4, -0.2) is 9.55 Å². The van der Waals surface area contributed by atoms with Crippen LogP contribution in [0.5, 0.6) is 0 Å². The Morgan fingerprint density at radius 2 is 1.00 bits per heavy atom. The molecule has 10 aromatic carbocycles. The van der Waals surface area contributed by atoms with E-state index in [1.165, 1.54) is 54.4 Å². The summed E-state index contributed by atoms with van der Waals surface area (Å²) < 4.78 is 2.28. The summed E-state index contributed by atoms with van der Waals surface area (Å²) in [6.07, 6.45) is 0. The predicted octanol–water partition coefficient (Wildman–Crippen LogP) is 14.8. The first-order valence-corrected chi connectivity index (χ1v) is 20.0. The van der Waals surface area contributed by atoms with Gasteiger partial charge in [0.15, 0.2) is 0 Å². The van der Waals surface area contributed by atoms with Gasteiger partial charge in [0.1, 0.15) is 0 Å². The van der Waals surface area contributed by atoms with Crippen LogP contribution in [0.15, 0.2) is 200 Å². The summed E-state index contributed by atoms with van der Waals surface area (Å²) in [6, 6.07) is 74.0. The number of nitriles is 1. The second kappa shape index (κ2) is 13.0. The lowest BCUT2D eigenvalue weighted by Crippen LogP contribution is -1.94. The topological polar surface area (TPSA) is 41.6 Å². The van der Waals surface area contributed by atoms with Crippen molar-refractivity contribution >= 4 is 75.8 Å². The van der Waals surface area contributed by atoms with Crippen LogP contribution in [0.25, 0.3) is 115 Å². The van der Waals surface area contributed by atoms with Crippen molar-refractivity contribution in [2.45, 2.75) is 0 Å². The number of nitrogens with zero attached hydrogens (tertiary/aromatic N) is 3. The van der Waals surface area contributed by atoms with E-state index in [0.717, 1.165) is 60.6 Å². The van der Waals surface area contributed by atoms with Gasteiger partial charge in [0.2, 0.25) is 0 Å². The molecule has 0 amide bonds. The number of rotatable bonds is 4. The van der Waals surface area contributed by atoms with Gasteiger partial charge in [-0.1, -0.05) is 158 Å². The largest absolute Gasteiger partial charge is 0.309 e. The zero-order valence-corrected chi connectivity index (χ0v) is 31.9. The number of benzene rings is 10. The molecule has 0 aliphatic rings. The Kier molecular flexibility index (Phi) is 7.29. The van der Waals surface area contributed by atoms with Gasteiger partial charge in [-0.2, -0.15) is 5.26 Å². The minimum atomic E-state index is 0.646. The van der Waals surface area contributed by atoms with E-state index >= 15 is 0 Å². The maximum Gasteiger partial charge on any atom is 0.0992 e. The number of hydrogen-bond acceptors (Lipinski definition) is 2. The van der Waals surface area contributed by atoms with E-state index in [1.54, 1.807) is 0 Å². The molecule has 12 aromatic rings. The zero-order chi connectivity index (χ0) is 39.0. The van der Waals surface area contributed by atoms with Gasteiger partial charge in [0.25, 0.3) is 0 Å². The normalized spacial score (nSPS) is 11.7. The van der Waals surface area contributed by atoms with E-state index < -0.39 is 0 Å². The van der Waals surface area contributed by atoms with E-state index in [2.05, 4.69) is 193 Å². The Morgan fingerprint density at radius 3 is 1.73 bits per heavy atom. The second-order valence-electron chi connectivity index (χ2n) is 15.3. The summed E-state index contributed by atoms with van der Waals surface area (Å²) >= 11 is 0. The van der Waals surface area contributed by atoms with Crippen LogP contribution < -0.4 is 0 Å². The molecular weight excluding hydrogens is 715 g/mol. The second-order valence-corrected chi connectivity index (χ2v) is 15.3. The average molecular weight is 748 g/mol.